The van der Waals surface area contributed by atoms with E-state index in [2.05, 4.69) is 10.1 Å². The van der Waals surface area contributed by atoms with Gasteiger partial charge in [0.25, 0.3) is 0 Å². The van der Waals surface area contributed by atoms with Crippen molar-refractivity contribution in [1.29, 1.82) is 0 Å². The predicted molar refractivity (Wildman–Crippen MR) is 56.2 cm³/mol. The minimum atomic E-state index is -0.774. The average molecular weight is 243 g/mol. The highest BCUT2D eigenvalue weighted by molar-refractivity contribution is 6.01. The van der Waals surface area contributed by atoms with Gasteiger partial charge in [0.1, 0.15) is 18.1 Å². The van der Waals surface area contributed by atoms with Crippen LogP contribution in [0.5, 0.6) is 0 Å². The lowest BCUT2D eigenvalue weighted by molar-refractivity contribution is -0.145. The van der Waals surface area contributed by atoms with Crippen LogP contribution in [0.2, 0.25) is 0 Å². The number of nitrogens with one attached hydrogen (secondary N) is 1. The van der Waals surface area contributed by atoms with E-state index in [1.165, 1.54) is 0 Å². The summed E-state index contributed by atoms with van der Waals surface area (Å²) in [7, 11) is 0. The molecule has 17 heavy (non-hydrogen) atoms. The molecule has 0 aromatic heterocycles. The van der Waals surface area contributed by atoms with Crippen LogP contribution >= 0.6 is 0 Å². The summed E-state index contributed by atoms with van der Waals surface area (Å²) in [5, 5.41) is 2.09. The Balaban J connectivity index is 2.62. The van der Waals surface area contributed by atoms with Crippen molar-refractivity contribution in [2.75, 3.05) is 11.9 Å². The predicted octanol–water partition coefficient (Wildman–Crippen LogP) is 1.86. The third-order valence-electron chi connectivity index (χ3n) is 1.81. The molecule has 92 valence electrons. The second-order valence-corrected chi connectivity index (χ2v) is 3.15. The lowest BCUT2D eigenvalue weighted by Gasteiger charge is -2.06. The summed E-state index contributed by atoms with van der Waals surface area (Å²) in [6, 6.07) is 2.64. The van der Waals surface area contributed by atoms with Crippen LogP contribution in [0.25, 0.3) is 0 Å². The van der Waals surface area contributed by atoms with E-state index >= 15 is 0 Å². The fraction of sp³-hybridized carbons (Fsp3) is 0.273. The number of amides is 1. The zero-order valence-corrected chi connectivity index (χ0v) is 9.13. The lowest BCUT2D eigenvalue weighted by atomic mass is 10.3. The van der Waals surface area contributed by atoms with Crippen LogP contribution in [0.15, 0.2) is 18.2 Å². The van der Waals surface area contributed by atoms with E-state index in [0.717, 1.165) is 18.2 Å². The standard InChI is InChI=1S/C11H11F2NO3/c1-2-17-11(16)6-10(15)14-9-5-7(12)3-4-8(9)13/h3-5H,2,6H2,1H3,(H,14,15). The number of hydrogen-bond donors (Lipinski definition) is 1. The fourth-order valence-electron chi connectivity index (χ4n) is 1.13. The Labute approximate surface area is 96.6 Å². The molecule has 0 spiro atoms. The minimum absolute atomic E-state index is 0.153. The van der Waals surface area contributed by atoms with Crippen molar-refractivity contribution in [3.05, 3.63) is 29.8 Å². The summed E-state index contributed by atoms with van der Waals surface area (Å²) < 4.78 is 30.4. The normalized spacial score (nSPS) is 9.82. The Kier molecular flexibility index (Phi) is 4.56. The monoisotopic (exact) mass is 243 g/mol. The van der Waals surface area contributed by atoms with E-state index in [4.69, 9.17) is 0 Å². The second kappa shape index (κ2) is 5.93. The molecule has 6 heteroatoms. The van der Waals surface area contributed by atoms with E-state index in [-0.39, 0.29) is 12.3 Å². The first-order valence-corrected chi connectivity index (χ1v) is 4.93. The Morgan fingerprint density at radius 3 is 2.71 bits per heavy atom. The van der Waals surface area contributed by atoms with Crippen LogP contribution in [0.4, 0.5) is 14.5 Å². The van der Waals surface area contributed by atoms with Gasteiger partial charge in [0.15, 0.2) is 0 Å². The maximum atomic E-state index is 13.1. The number of anilines is 1. The van der Waals surface area contributed by atoms with Crippen LogP contribution in [-0.4, -0.2) is 18.5 Å². The quantitative estimate of drug-likeness (QED) is 0.648. The Bertz CT molecular complexity index is 435. The maximum absolute atomic E-state index is 13.1. The largest absolute Gasteiger partial charge is 0.466 e. The zero-order chi connectivity index (χ0) is 12.8. The second-order valence-electron chi connectivity index (χ2n) is 3.15. The number of hydrogen-bond acceptors (Lipinski definition) is 3. The summed E-state index contributed by atoms with van der Waals surface area (Å²) in [5.41, 5.74) is -0.306. The molecule has 1 amide bonds. The summed E-state index contributed by atoms with van der Waals surface area (Å²) in [6.45, 7) is 1.75. The highest BCUT2D eigenvalue weighted by Crippen LogP contribution is 2.15. The number of halogens is 2. The van der Waals surface area contributed by atoms with Crippen LogP contribution in [0.3, 0.4) is 0 Å². The van der Waals surface area contributed by atoms with E-state index < -0.39 is 29.9 Å². The van der Waals surface area contributed by atoms with Crippen LogP contribution in [0.1, 0.15) is 13.3 Å². The summed E-state index contributed by atoms with van der Waals surface area (Å²) in [6.07, 6.45) is -0.538. The van der Waals surface area contributed by atoms with Gasteiger partial charge in [-0.05, 0) is 19.1 Å². The molecule has 0 aliphatic rings. The van der Waals surface area contributed by atoms with Crippen LogP contribution in [-0.2, 0) is 14.3 Å². The highest BCUT2D eigenvalue weighted by atomic mass is 19.1. The Hall–Kier alpha value is -1.98. The molecule has 1 N–H and O–H groups in total. The van der Waals surface area contributed by atoms with Gasteiger partial charge in [-0.15, -0.1) is 0 Å². The number of rotatable bonds is 4. The molecule has 4 nitrogen and oxygen atoms in total. The van der Waals surface area contributed by atoms with Crippen LogP contribution in [0, 0.1) is 11.6 Å². The molecule has 0 saturated carbocycles. The van der Waals surface area contributed by atoms with Gasteiger partial charge in [0.2, 0.25) is 5.91 Å². The average Bonchev–Trinajstić information content (AvgIpc) is 2.23. The zero-order valence-electron chi connectivity index (χ0n) is 9.13. The SMILES string of the molecule is CCOC(=O)CC(=O)Nc1cc(F)ccc1F. The van der Waals surface area contributed by atoms with Crippen molar-refractivity contribution < 1.29 is 23.1 Å². The molecule has 0 unspecified atom stereocenters. The number of carbonyl (C=O) groups excluding carboxylic acids is 2. The molecule has 0 fully saturated rings. The third-order valence-corrected chi connectivity index (χ3v) is 1.81. The van der Waals surface area contributed by atoms with Gasteiger partial charge in [-0.1, -0.05) is 0 Å². The third kappa shape index (κ3) is 4.18. The van der Waals surface area contributed by atoms with Crippen molar-refractivity contribution in [2.45, 2.75) is 13.3 Å². The van der Waals surface area contributed by atoms with Crippen molar-refractivity contribution in [3.63, 3.8) is 0 Å². The Morgan fingerprint density at radius 1 is 1.35 bits per heavy atom. The summed E-state index contributed by atoms with van der Waals surface area (Å²) >= 11 is 0. The first-order chi connectivity index (χ1) is 8.02. The first kappa shape index (κ1) is 13.1. The topological polar surface area (TPSA) is 55.4 Å². The molecule has 0 atom stereocenters. The van der Waals surface area contributed by atoms with E-state index in [1.807, 2.05) is 0 Å². The minimum Gasteiger partial charge on any atom is -0.466 e. The molecule has 0 radical (unpaired) electrons. The fourth-order valence-corrected chi connectivity index (χ4v) is 1.13. The van der Waals surface area contributed by atoms with Gasteiger partial charge in [0, 0.05) is 6.07 Å². The molecule has 0 heterocycles. The number of esters is 1. The van der Waals surface area contributed by atoms with Gasteiger partial charge in [0.05, 0.1) is 12.3 Å². The van der Waals surface area contributed by atoms with Gasteiger partial charge in [-0.25, -0.2) is 8.78 Å². The van der Waals surface area contributed by atoms with Crippen molar-refractivity contribution in [2.24, 2.45) is 0 Å². The van der Waals surface area contributed by atoms with Gasteiger partial charge < -0.3 is 10.1 Å². The molecule has 0 aliphatic heterocycles. The van der Waals surface area contributed by atoms with E-state index in [9.17, 15) is 18.4 Å². The van der Waals surface area contributed by atoms with Crippen molar-refractivity contribution >= 4 is 17.6 Å². The summed E-state index contributed by atoms with van der Waals surface area (Å²) in [4.78, 5) is 22.2. The first-order valence-electron chi connectivity index (χ1n) is 4.93. The molecule has 1 aromatic rings. The summed E-state index contributed by atoms with van der Waals surface area (Å²) in [5.74, 6) is -2.93. The number of ether oxygens (including phenoxy) is 1. The molecule has 0 aliphatic carbocycles. The molecular formula is C11H11F2NO3. The maximum Gasteiger partial charge on any atom is 0.315 e. The molecule has 0 bridgehead atoms. The van der Waals surface area contributed by atoms with E-state index in [1.54, 1.807) is 6.92 Å². The molecular weight excluding hydrogens is 232 g/mol. The molecule has 1 aromatic carbocycles. The number of benzene rings is 1. The van der Waals surface area contributed by atoms with Crippen molar-refractivity contribution in [3.8, 4) is 0 Å². The van der Waals surface area contributed by atoms with E-state index in [0.29, 0.717) is 0 Å². The lowest BCUT2D eigenvalue weighted by Crippen LogP contribution is -2.18. The van der Waals surface area contributed by atoms with Crippen LogP contribution < -0.4 is 5.32 Å². The molecule has 0 saturated heterocycles. The Morgan fingerprint density at radius 2 is 2.06 bits per heavy atom. The molecule has 1 rings (SSSR count). The smallest absolute Gasteiger partial charge is 0.315 e. The highest BCUT2D eigenvalue weighted by Gasteiger charge is 2.12. The van der Waals surface area contributed by atoms with Gasteiger partial charge >= 0.3 is 5.97 Å². The van der Waals surface area contributed by atoms with Crippen molar-refractivity contribution in [1.82, 2.24) is 0 Å². The van der Waals surface area contributed by atoms with Gasteiger partial charge in [-0.2, -0.15) is 0 Å². The number of carbonyl (C=O) groups is 2. The van der Waals surface area contributed by atoms with Gasteiger partial charge in [-0.3, -0.25) is 9.59 Å².